The fourth-order valence-electron chi connectivity index (χ4n) is 1.35. The van der Waals surface area contributed by atoms with Crippen LogP contribution in [0.4, 0.5) is 0 Å². The van der Waals surface area contributed by atoms with Gasteiger partial charge in [0.2, 0.25) is 0 Å². The lowest BCUT2D eigenvalue weighted by atomic mass is 10.1. The molecule has 1 heterocycles. The predicted molar refractivity (Wildman–Crippen MR) is 59.3 cm³/mol. The highest BCUT2D eigenvalue weighted by Crippen LogP contribution is 2.15. The highest BCUT2D eigenvalue weighted by atomic mass is 14.8. The molecule has 0 aromatic carbocycles. The van der Waals surface area contributed by atoms with Gasteiger partial charge in [0, 0.05) is 12.4 Å². The second-order valence-electron chi connectivity index (χ2n) is 4.34. The summed E-state index contributed by atoms with van der Waals surface area (Å²) in [7, 11) is 0. The van der Waals surface area contributed by atoms with Crippen molar-refractivity contribution in [1.29, 1.82) is 0 Å². The molecule has 0 radical (unpaired) electrons. The summed E-state index contributed by atoms with van der Waals surface area (Å²) in [4.78, 5) is 8.87. The fourth-order valence-corrected chi connectivity index (χ4v) is 1.35. The second kappa shape index (κ2) is 5.08. The topological polar surface area (TPSA) is 25.8 Å². The van der Waals surface area contributed by atoms with Crippen molar-refractivity contribution in [2.75, 3.05) is 0 Å². The molecule has 1 aromatic heterocycles. The van der Waals surface area contributed by atoms with E-state index in [9.17, 15) is 0 Å². The molecule has 0 bridgehead atoms. The molecule has 1 rings (SSSR count). The summed E-state index contributed by atoms with van der Waals surface area (Å²) in [5.74, 6) is 1.18. The number of rotatable bonds is 4. The van der Waals surface area contributed by atoms with Crippen LogP contribution in [0.2, 0.25) is 0 Å². The van der Waals surface area contributed by atoms with E-state index in [-0.39, 0.29) is 0 Å². The van der Waals surface area contributed by atoms with Crippen LogP contribution in [0.3, 0.4) is 0 Å². The van der Waals surface area contributed by atoms with E-state index >= 15 is 0 Å². The molecule has 0 saturated carbocycles. The van der Waals surface area contributed by atoms with E-state index in [0.29, 0.717) is 11.8 Å². The average Bonchev–Trinajstić information content (AvgIpc) is 2.17. The molecular formula is C12H20N2. The van der Waals surface area contributed by atoms with Crippen LogP contribution < -0.4 is 0 Å². The van der Waals surface area contributed by atoms with Gasteiger partial charge in [0.05, 0.1) is 11.4 Å². The Morgan fingerprint density at radius 2 is 1.86 bits per heavy atom. The first-order valence-corrected chi connectivity index (χ1v) is 5.44. The minimum Gasteiger partial charge on any atom is -0.258 e. The molecule has 0 N–H and O–H groups in total. The highest BCUT2D eigenvalue weighted by molar-refractivity contribution is 5.06. The Kier molecular flexibility index (Phi) is 4.05. The molecule has 1 aromatic rings. The zero-order valence-corrected chi connectivity index (χ0v) is 9.62. The van der Waals surface area contributed by atoms with E-state index < -0.39 is 0 Å². The zero-order chi connectivity index (χ0) is 10.6. The summed E-state index contributed by atoms with van der Waals surface area (Å²) in [5, 5.41) is 0. The number of hydrogen-bond acceptors (Lipinski definition) is 2. The molecular weight excluding hydrogens is 172 g/mol. The summed E-state index contributed by atoms with van der Waals surface area (Å²) in [6.07, 6.45) is 5.99. The average molecular weight is 192 g/mol. The van der Waals surface area contributed by atoms with Gasteiger partial charge in [-0.2, -0.15) is 0 Å². The van der Waals surface area contributed by atoms with Crippen molar-refractivity contribution in [3.63, 3.8) is 0 Å². The predicted octanol–water partition coefficient (Wildman–Crippen LogP) is 3.19. The molecule has 1 atom stereocenters. The van der Waals surface area contributed by atoms with Crippen LogP contribution in [0, 0.1) is 5.92 Å². The van der Waals surface area contributed by atoms with Gasteiger partial charge in [-0.05, 0) is 24.7 Å². The summed E-state index contributed by atoms with van der Waals surface area (Å²) in [6.45, 7) is 8.76. The second-order valence-corrected chi connectivity index (χ2v) is 4.34. The van der Waals surface area contributed by atoms with E-state index in [1.165, 1.54) is 0 Å². The van der Waals surface area contributed by atoms with E-state index in [2.05, 4.69) is 37.7 Å². The van der Waals surface area contributed by atoms with Gasteiger partial charge in [-0.15, -0.1) is 0 Å². The van der Waals surface area contributed by atoms with Gasteiger partial charge in [0.25, 0.3) is 0 Å². The Balaban J connectivity index is 2.68. The van der Waals surface area contributed by atoms with Crippen LogP contribution in [0.5, 0.6) is 0 Å². The standard InChI is InChI=1S/C12H20N2/c1-5-10(4)12-8-13-11(7-14-12)6-9(2)3/h7-10H,5-6H2,1-4H3. The van der Waals surface area contributed by atoms with E-state index in [0.717, 1.165) is 24.2 Å². The van der Waals surface area contributed by atoms with Gasteiger partial charge in [0.1, 0.15) is 0 Å². The molecule has 0 amide bonds. The van der Waals surface area contributed by atoms with Crippen LogP contribution in [0.1, 0.15) is 51.4 Å². The SMILES string of the molecule is CCC(C)c1cnc(CC(C)C)cn1. The van der Waals surface area contributed by atoms with Crippen LogP contribution in [0.25, 0.3) is 0 Å². The van der Waals surface area contributed by atoms with Crippen molar-refractivity contribution >= 4 is 0 Å². The van der Waals surface area contributed by atoms with Gasteiger partial charge in [0.15, 0.2) is 0 Å². The molecule has 2 heteroatoms. The lowest BCUT2D eigenvalue weighted by Crippen LogP contribution is -2.02. The third-order valence-corrected chi connectivity index (χ3v) is 2.46. The maximum Gasteiger partial charge on any atom is 0.0614 e. The van der Waals surface area contributed by atoms with Crippen molar-refractivity contribution in [3.05, 3.63) is 23.8 Å². The molecule has 0 saturated heterocycles. The summed E-state index contributed by atoms with van der Waals surface area (Å²) < 4.78 is 0. The molecule has 0 spiro atoms. The minimum absolute atomic E-state index is 0.524. The van der Waals surface area contributed by atoms with E-state index in [1.54, 1.807) is 0 Å². The van der Waals surface area contributed by atoms with Gasteiger partial charge in [-0.3, -0.25) is 9.97 Å². The summed E-state index contributed by atoms with van der Waals surface area (Å²) in [6, 6.07) is 0. The van der Waals surface area contributed by atoms with Crippen molar-refractivity contribution in [2.45, 2.75) is 46.5 Å². The molecule has 0 fully saturated rings. The first-order valence-electron chi connectivity index (χ1n) is 5.44. The van der Waals surface area contributed by atoms with Crippen molar-refractivity contribution in [2.24, 2.45) is 5.92 Å². The Morgan fingerprint density at radius 3 is 2.29 bits per heavy atom. The summed E-state index contributed by atoms with van der Waals surface area (Å²) >= 11 is 0. The lowest BCUT2D eigenvalue weighted by molar-refractivity contribution is 0.627. The molecule has 14 heavy (non-hydrogen) atoms. The van der Waals surface area contributed by atoms with Crippen molar-refractivity contribution in [1.82, 2.24) is 9.97 Å². The molecule has 0 aliphatic carbocycles. The first-order chi connectivity index (χ1) is 6.63. The van der Waals surface area contributed by atoms with Crippen LogP contribution in [0.15, 0.2) is 12.4 Å². The molecule has 0 aliphatic heterocycles. The molecule has 1 unspecified atom stereocenters. The Labute approximate surface area is 86.8 Å². The smallest absolute Gasteiger partial charge is 0.0614 e. The lowest BCUT2D eigenvalue weighted by Gasteiger charge is -2.08. The quantitative estimate of drug-likeness (QED) is 0.732. The Hall–Kier alpha value is -0.920. The Bertz CT molecular complexity index is 264. The van der Waals surface area contributed by atoms with Crippen LogP contribution >= 0.6 is 0 Å². The van der Waals surface area contributed by atoms with E-state index in [4.69, 9.17) is 0 Å². The van der Waals surface area contributed by atoms with Gasteiger partial charge in [-0.1, -0.05) is 27.7 Å². The van der Waals surface area contributed by atoms with E-state index in [1.807, 2.05) is 12.4 Å². The fraction of sp³-hybridized carbons (Fsp3) is 0.667. The first kappa shape index (κ1) is 11.2. The number of aromatic nitrogens is 2. The maximum absolute atomic E-state index is 4.44. The van der Waals surface area contributed by atoms with Crippen molar-refractivity contribution in [3.8, 4) is 0 Å². The van der Waals surface area contributed by atoms with Gasteiger partial charge in [-0.25, -0.2) is 0 Å². The maximum atomic E-state index is 4.44. The summed E-state index contributed by atoms with van der Waals surface area (Å²) in [5.41, 5.74) is 2.21. The zero-order valence-electron chi connectivity index (χ0n) is 9.62. The molecule has 0 aliphatic rings. The highest BCUT2D eigenvalue weighted by Gasteiger charge is 2.05. The minimum atomic E-state index is 0.524. The number of nitrogens with zero attached hydrogens (tertiary/aromatic N) is 2. The Morgan fingerprint density at radius 1 is 1.14 bits per heavy atom. The van der Waals surface area contributed by atoms with Gasteiger partial charge < -0.3 is 0 Å². The normalized spacial score (nSPS) is 13.2. The monoisotopic (exact) mass is 192 g/mol. The van der Waals surface area contributed by atoms with Crippen LogP contribution in [-0.4, -0.2) is 9.97 Å². The largest absolute Gasteiger partial charge is 0.258 e. The van der Waals surface area contributed by atoms with Crippen LogP contribution in [-0.2, 0) is 6.42 Å². The number of hydrogen-bond donors (Lipinski definition) is 0. The third-order valence-electron chi connectivity index (χ3n) is 2.46. The van der Waals surface area contributed by atoms with Gasteiger partial charge >= 0.3 is 0 Å². The third kappa shape index (κ3) is 3.09. The van der Waals surface area contributed by atoms with Crippen molar-refractivity contribution < 1.29 is 0 Å². The molecule has 2 nitrogen and oxygen atoms in total. The molecule has 78 valence electrons.